The summed E-state index contributed by atoms with van der Waals surface area (Å²) < 4.78 is 2.09. The van der Waals surface area contributed by atoms with Gasteiger partial charge in [-0.15, -0.1) is 0 Å². The molecule has 0 atom stereocenters. The van der Waals surface area contributed by atoms with Crippen molar-refractivity contribution in [2.75, 3.05) is 23.7 Å². The van der Waals surface area contributed by atoms with Gasteiger partial charge in [0.1, 0.15) is 0 Å². The van der Waals surface area contributed by atoms with E-state index in [1.807, 2.05) is 6.92 Å². The fourth-order valence-corrected chi connectivity index (χ4v) is 2.39. The Labute approximate surface area is 110 Å². The van der Waals surface area contributed by atoms with Crippen LogP contribution in [0.25, 0.3) is 0 Å². The molecule has 4 heteroatoms. The summed E-state index contributed by atoms with van der Waals surface area (Å²) in [6.45, 7) is 10.7. The van der Waals surface area contributed by atoms with Crippen molar-refractivity contribution in [1.29, 1.82) is 0 Å². The first kappa shape index (κ1) is 13.2. The van der Waals surface area contributed by atoms with Gasteiger partial charge in [0.05, 0.1) is 11.4 Å². The number of rotatable bonds is 6. The minimum atomic E-state index is 0.356. The van der Waals surface area contributed by atoms with Crippen molar-refractivity contribution in [2.24, 2.45) is 5.92 Å². The van der Waals surface area contributed by atoms with Crippen LogP contribution in [0.1, 0.15) is 51.8 Å². The molecule has 0 spiro atoms. The monoisotopic (exact) mass is 250 g/mol. The molecule has 1 heterocycles. The normalized spacial score (nSPS) is 15.4. The molecule has 4 nitrogen and oxygen atoms in total. The van der Waals surface area contributed by atoms with Crippen LogP contribution in [0, 0.1) is 12.8 Å². The molecule has 1 aliphatic carbocycles. The molecule has 2 N–H and O–H groups in total. The molecule has 1 aromatic heterocycles. The summed E-state index contributed by atoms with van der Waals surface area (Å²) in [6.07, 6.45) is 3.89. The zero-order chi connectivity index (χ0) is 13.3. The van der Waals surface area contributed by atoms with Gasteiger partial charge >= 0.3 is 0 Å². The third kappa shape index (κ3) is 2.62. The number of hydrogen-bond acceptors (Lipinski definition) is 3. The maximum Gasteiger partial charge on any atom is 0.150 e. The van der Waals surface area contributed by atoms with Gasteiger partial charge in [0.15, 0.2) is 5.82 Å². The Morgan fingerprint density at radius 2 is 2.11 bits per heavy atom. The Balaban J connectivity index is 2.31. The highest BCUT2D eigenvalue weighted by atomic mass is 15.4. The molecule has 0 aromatic carbocycles. The average Bonchev–Trinajstić information content (AvgIpc) is 3.06. The van der Waals surface area contributed by atoms with Crippen molar-refractivity contribution < 1.29 is 0 Å². The summed E-state index contributed by atoms with van der Waals surface area (Å²) in [5, 5.41) is 4.59. The molecule has 1 aromatic rings. The lowest BCUT2D eigenvalue weighted by molar-refractivity contribution is 0.518. The van der Waals surface area contributed by atoms with Crippen LogP contribution in [0.5, 0.6) is 0 Å². The molecule has 18 heavy (non-hydrogen) atoms. The highest BCUT2D eigenvalue weighted by Gasteiger charge is 2.27. The Bertz CT molecular complexity index is 404. The fraction of sp³-hybridized carbons (Fsp3) is 0.786. The first-order valence-electron chi connectivity index (χ1n) is 7.14. The molecule has 0 bridgehead atoms. The molecular weight excluding hydrogens is 224 g/mol. The van der Waals surface area contributed by atoms with Crippen LogP contribution in [0.2, 0.25) is 0 Å². The van der Waals surface area contributed by atoms with E-state index in [0.29, 0.717) is 6.04 Å². The van der Waals surface area contributed by atoms with Gasteiger partial charge in [-0.05, 0) is 46.0 Å². The molecule has 0 aliphatic heterocycles. The van der Waals surface area contributed by atoms with Gasteiger partial charge in [-0.2, -0.15) is 5.10 Å². The Morgan fingerprint density at radius 3 is 2.61 bits per heavy atom. The second-order valence-corrected chi connectivity index (χ2v) is 5.75. The topological polar surface area (TPSA) is 47.1 Å². The summed E-state index contributed by atoms with van der Waals surface area (Å²) in [6, 6.07) is 0.356. The standard InChI is InChI=1S/C14H26N4/c1-5-8-17(9-12-6-7-12)14-13(15)11(4)16-18(14)10(2)3/h10,12H,5-9,15H2,1-4H3. The van der Waals surface area contributed by atoms with E-state index in [-0.39, 0.29) is 0 Å². The zero-order valence-corrected chi connectivity index (χ0v) is 12.1. The predicted octanol–water partition coefficient (Wildman–Crippen LogP) is 2.98. The molecule has 0 saturated heterocycles. The van der Waals surface area contributed by atoms with Crippen molar-refractivity contribution in [2.45, 2.75) is 53.0 Å². The van der Waals surface area contributed by atoms with Crippen molar-refractivity contribution in [1.82, 2.24) is 9.78 Å². The summed E-state index contributed by atoms with van der Waals surface area (Å²) in [5.41, 5.74) is 8.06. The van der Waals surface area contributed by atoms with Crippen LogP contribution >= 0.6 is 0 Å². The van der Waals surface area contributed by atoms with Gasteiger partial charge in [0, 0.05) is 19.1 Å². The van der Waals surface area contributed by atoms with Gasteiger partial charge in [-0.3, -0.25) is 0 Å². The van der Waals surface area contributed by atoms with Crippen molar-refractivity contribution in [3.05, 3.63) is 5.69 Å². The molecule has 0 radical (unpaired) electrons. The molecule has 1 saturated carbocycles. The predicted molar refractivity (Wildman–Crippen MR) is 77.0 cm³/mol. The second-order valence-electron chi connectivity index (χ2n) is 5.75. The van der Waals surface area contributed by atoms with Crippen LogP contribution in [-0.2, 0) is 0 Å². The highest BCUT2D eigenvalue weighted by Crippen LogP contribution is 2.35. The van der Waals surface area contributed by atoms with Crippen LogP contribution in [0.4, 0.5) is 11.5 Å². The Kier molecular flexibility index (Phi) is 3.83. The van der Waals surface area contributed by atoms with Crippen LogP contribution in [0.3, 0.4) is 0 Å². The molecule has 0 amide bonds. The molecule has 102 valence electrons. The number of nitrogen functional groups attached to an aromatic ring is 1. The van der Waals surface area contributed by atoms with E-state index in [9.17, 15) is 0 Å². The van der Waals surface area contributed by atoms with Gasteiger partial charge in [-0.25, -0.2) is 4.68 Å². The number of nitrogens with zero attached hydrogens (tertiary/aromatic N) is 3. The van der Waals surface area contributed by atoms with E-state index in [2.05, 4.69) is 35.5 Å². The number of anilines is 2. The summed E-state index contributed by atoms with van der Waals surface area (Å²) in [5.74, 6) is 2.00. The Morgan fingerprint density at radius 1 is 1.44 bits per heavy atom. The van der Waals surface area contributed by atoms with Crippen molar-refractivity contribution >= 4 is 11.5 Å². The van der Waals surface area contributed by atoms with E-state index >= 15 is 0 Å². The SMILES string of the molecule is CCCN(CC1CC1)c1c(N)c(C)nn1C(C)C. The molecule has 0 unspecified atom stereocenters. The summed E-state index contributed by atoms with van der Waals surface area (Å²) in [4.78, 5) is 2.44. The van der Waals surface area contributed by atoms with Gasteiger partial charge in [0.2, 0.25) is 0 Å². The summed E-state index contributed by atoms with van der Waals surface area (Å²) >= 11 is 0. The Hall–Kier alpha value is -1.19. The van der Waals surface area contributed by atoms with E-state index in [1.54, 1.807) is 0 Å². The lowest BCUT2D eigenvalue weighted by atomic mass is 10.3. The van der Waals surface area contributed by atoms with Gasteiger partial charge in [-0.1, -0.05) is 6.92 Å². The van der Waals surface area contributed by atoms with E-state index in [1.165, 1.54) is 12.8 Å². The minimum absolute atomic E-state index is 0.356. The lowest BCUT2D eigenvalue weighted by Crippen LogP contribution is -2.30. The largest absolute Gasteiger partial charge is 0.394 e. The molecule has 1 fully saturated rings. The quantitative estimate of drug-likeness (QED) is 0.844. The van der Waals surface area contributed by atoms with E-state index < -0.39 is 0 Å². The maximum atomic E-state index is 6.24. The number of nitrogens with two attached hydrogens (primary N) is 1. The third-order valence-electron chi connectivity index (χ3n) is 3.56. The second kappa shape index (κ2) is 5.21. The van der Waals surface area contributed by atoms with E-state index in [0.717, 1.165) is 42.6 Å². The number of aryl methyl sites for hydroxylation is 1. The van der Waals surface area contributed by atoms with Crippen molar-refractivity contribution in [3.63, 3.8) is 0 Å². The zero-order valence-electron chi connectivity index (χ0n) is 12.1. The van der Waals surface area contributed by atoms with Crippen molar-refractivity contribution in [3.8, 4) is 0 Å². The smallest absolute Gasteiger partial charge is 0.150 e. The van der Waals surface area contributed by atoms with Gasteiger partial charge in [0.25, 0.3) is 0 Å². The fourth-order valence-electron chi connectivity index (χ4n) is 2.39. The van der Waals surface area contributed by atoms with Gasteiger partial charge < -0.3 is 10.6 Å². The minimum Gasteiger partial charge on any atom is -0.394 e. The number of aromatic nitrogens is 2. The van der Waals surface area contributed by atoms with Crippen LogP contribution in [-0.4, -0.2) is 22.9 Å². The average molecular weight is 250 g/mol. The highest BCUT2D eigenvalue weighted by molar-refractivity contribution is 5.66. The summed E-state index contributed by atoms with van der Waals surface area (Å²) in [7, 11) is 0. The number of hydrogen-bond donors (Lipinski definition) is 1. The molecular formula is C14H26N4. The lowest BCUT2D eigenvalue weighted by Gasteiger charge is -2.26. The molecule has 1 aliphatic rings. The first-order chi connectivity index (χ1) is 8.54. The molecule has 2 rings (SSSR count). The third-order valence-corrected chi connectivity index (χ3v) is 3.56. The van der Waals surface area contributed by atoms with Crippen LogP contribution in [0.15, 0.2) is 0 Å². The van der Waals surface area contributed by atoms with Crippen LogP contribution < -0.4 is 10.6 Å². The first-order valence-corrected chi connectivity index (χ1v) is 7.14. The maximum absolute atomic E-state index is 6.24. The van der Waals surface area contributed by atoms with E-state index in [4.69, 9.17) is 5.73 Å².